The summed E-state index contributed by atoms with van der Waals surface area (Å²) in [5, 5.41) is 3.14. The summed E-state index contributed by atoms with van der Waals surface area (Å²) in [6, 6.07) is 10.0. The van der Waals surface area contributed by atoms with Gasteiger partial charge in [0.05, 0.1) is 0 Å². The molecule has 2 aliphatic carbocycles. The van der Waals surface area contributed by atoms with E-state index in [1.807, 2.05) is 0 Å². The van der Waals surface area contributed by atoms with E-state index >= 15 is 0 Å². The van der Waals surface area contributed by atoms with Crippen LogP contribution in [0.25, 0.3) is 55.3 Å². The van der Waals surface area contributed by atoms with Gasteiger partial charge < -0.3 is 0 Å². The Balaban J connectivity index is 1.57. The summed E-state index contributed by atoms with van der Waals surface area (Å²) < 4.78 is 0. The first kappa shape index (κ1) is 24.4. The predicted molar refractivity (Wildman–Crippen MR) is 163 cm³/mol. The van der Waals surface area contributed by atoms with Gasteiger partial charge in [-0.05, 0) is 84.4 Å². The summed E-state index contributed by atoms with van der Waals surface area (Å²) in [4.78, 5) is 6.58. The molecule has 188 valence electrons. The van der Waals surface area contributed by atoms with Crippen molar-refractivity contribution < 1.29 is 0 Å². The molecule has 4 aromatic rings. The molecule has 0 spiro atoms. The lowest BCUT2D eigenvalue weighted by Gasteiger charge is -2.10. The van der Waals surface area contributed by atoms with Crippen molar-refractivity contribution in [2.24, 2.45) is 0 Å². The maximum absolute atomic E-state index is 2.50. The van der Waals surface area contributed by atoms with E-state index in [1.54, 1.807) is 52.5 Å². The van der Waals surface area contributed by atoms with Gasteiger partial charge in [-0.2, -0.15) is 0 Å². The van der Waals surface area contributed by atoms with Gasteiger partial charge in [0, 0.05) is 41.8 Å². The van der Waals surface area contributed by atoms with Crippen LogP contribution in [0.1, 0.15) is 98.6 Å². The van der Waals surface area contributed by atoms with Crippen molar-refractivity contribution in [1.82, 2.24) is 0 Å². The minimum atomic E-state index is 1.23. The third-order valence-corrected chi connectivity index (χ3v) is 11.0. The molecule has 0 aliphatic heterocycles. The number of hydrogen-bond acceptors (Lipinski definition) is 2. The third kappa shape index (κ3) is 3.66. The quantitative estimate of drug-likeness (QED) is 0.153. The molecule has 0 atom stereocenters. The molecule has 2 aliphatic rings. The molecule has 2 heterocycles. The van der Waals surface area contributed by atoms with Gasteiger partial charge in [-0.15, -0.1) is 22.7 Å². The maximum Gasteiger partial charge on any atom is 0.0133 e. The van der Waals surface area contributed by atoms with Crippen molar-refractivity contribution >= 4 is 33.4 Å². The van der Waals surface area contributed by atoms with Crippen LogP contribution in [0.5, 0.6) is 0 Å². The van der Waals surface area contributed by atoms with E-state index in [0.29, 0.717) is 0 Å². The first-order chi connectivity index (χ1) is 17.7. The molecule has 0 bridgehead atoms. The van der Waals surface area contributed by atoms with Gasteiger partial charge in [-0.25, -0.2) is 0 Å². The molecule has 2 aromatic heterocycles. The van der Waals surface area contributed by atoms with Crippen molar-refractivity contribution in [3.8, 4) is 44.5 Å². The second kappa shape index (κ2) is 10.1. The van der Waals surface area contributed by atoms with E-state index in [2.05, 4.69) is 74.6 Å². The zero-order chi connectivity index (χ0) is 24.8. The molecule has 0 saturated heterocycles. The fraction of sp³-hybridized carbons (Fsp3) is 0.471. The molecule has 36 heavy (non-hydrogen) atoms. The van der Waals surface area contributed by atoms with Gasteiger partial charge >= 0.3 is 0 Å². The molecule has 0 unspecified atom stereocenters. The molecule has 0 radical (unpaired) electrons. The minimum absolute atomic E-state index is 1.23. The van der Waals surface area contributed by atoms with Crippen LogP contribution in [-0.4, -0.2) is 0 Å². The summed E-state index contributed by atoms with van der Waals surface area (Å²) in [6.45, 7) is 9.30. The first-order valence-electron chi connectivity index (χ1n) is 14.6. The SMILES string of the molecule is CCCCc1sc(CCCC)c2c1-c1ccc3c4c(ccc-2c14)-c1c(CCCC)sc(CCCC)c1-3. The minimum Gasteiger partial charge on any atom is -0.144 e. The number of aryl methyl sites for hydroxylation is 4. The predicted octanol–water partition coefficient (Wildman–Crippen LogP) is 11.6. The Morgan fingerprint density at radius 2 is 0.667 bits per heavy atom. The Bertz CT molecular complexity index is 1220. The third-order valence-electron chi connectivity index (χ3n) is 8.38. The van der Waals surface area contributed by atoms with E-state index < -0.39 is 0 Å². The average molecular weight is 513 g/mol. The van der Waals surface area contributed by atoms with Gasteiger partial charge in [0.1, 0.15) is 0 Å². The van der Waals surface area contributed by atoms with Crippen LogP contribution in [-0.2, 0) is 25.7 Å². The summed E-state index contributed by atoms with van der Waals surface area (Å²) in [7, 11) is 0. The highest BCUT2D eigenvalue weighted by atomic mass is 32.1. The normalized spacial score (nSPS) is 12.7. The first-order valence-corrected chi connectivity index (χ1v) is 16.3. The van der Waals surface area contributed by atoms with E-state index in [4.69, 9.17) is 0 Å². The second-order valence-corrected chi connectivity index (χ2v) is 13.3. The van der Waals surface area contributed by atoms with E-state index in [0.717, 1.165) is 0 Å². The number of benzene rings is 2. The van der Waals surface area contributed by atoms with E-state index in [-0.39, 0.29) is 0 Å². The lowest BCUT2D eigenvalue weighted by molar-refractivity contribution is 0.803. The van der Waals surface area contributed by atoms with Gasteiger partial charge in [-0.1, -0.05) is 77.6 Å². The van der Waals surface area contributed by atoms with Crippen LogP contribution in [0.3, 0.4) is 0 Å². The van der Waals surface area contributed by atoms with Crippen molar-refractivity contribution in [1.29, 1.82) is 0 Å². The number of fused-ring (bicyclic) bond motifs is 6. The highest BCUT2D eigenvalue weighted by Gasteiger charge is 2.35. The molecule has 0 saturated carbocycles. The van der Waals surface area contributed by atoms with Gasteiger partial charge in [-0.3, -0.25) is 0 Å². The molecule has 2 aromatic carbocycles. The smallest absolute Gasteiger partial charge is 0.0133 e. The summed E-state index contributed by atoms with van der Waals surface area (Å²) in [5.74, 6) is 0. The molecule has 2 heteroatoms. The summed E-state index contributed by atoms with van der Waals surface area (Å²) >= 11 is 4.25. The molecule has 0 fully saturated rings. The van der Waals surface area contributed by atoms with Gasteiger partial charge in [0.25, 0.3) is 0 Å². The molecule has 6 rings (SSSR count). The van der Waals surface area contributed by atoms with E-state index in [1.165, 1.54) is 99.3 Å². The van der Waals surface area contributed by atoms with Crippen LogP contribution in [0.2, 0.25) is 0 Å². The Morgan fingerprint density at radius 1 is 0.417 bits per heavy atom. The van der Waals surface area contributed by atoms with Crippen LogP contribution >= 0.6 is 22.7 Å². The number of thiophene rings is 2. The average Bonchev–Trinajstić information content (AvgIpc) is 3.61. The highest BCUT2D eigenvalue weighted by Crippen LogP contribution is 2.61. The lowest BCUT2D eigenvalue weighted by atomic mass is 9.96. The van der Waals surface area contributed by atoms with Crippen molar-refractivity contribution in [3.05, 3.63) is 43.8 Å². The van der Waals surface area contributed by atoms with Crippen LogP contribution in [0, 0.1) is 0 Å². The maximum atomic E-state index is 2.50. The fourth-order valence-electron chi connectivity index (χ4n) is 6.58. The number of rotatable bonds is 12. The Labute approximate surface area is 225 Å². The zero-order valence-corrected chi connectivity index (χ0v) is 24.2. The Kier molecular flexibility index (Phi) is 6.86. The zero-order valence-electron chi connectivity index (χ0n) is 22.6. The molecular weight excluding hydrogens is 473 g/mol. The molecule has 0 nitrogen and oxygen atoms in total. The monoisotopic (exact) mass is 512 g/mol. The standard InChI is InChI=1S/C34H40S2/c1-5-9-13-25-31-21-17-18-23-30-24(20-19-22(29(21)30)32(31)26(35-25)14-10-6-2)34-28(16-12-8-4)36-27(33(23)34)15-11-7-3/h17-20H,5-16H2,1-4H3. The Hall–Kier alpha value is -1.90. The van der Waals surface area contributed by atoms with Gasteiger partial charge in [0.15, 0.2) is 0 Å². The second-order valence-electron chi connectivity index (χ2n) is 10.9. The fourth-order valence-corrected chi connectivity index (χ4v) is 9.42. The molecular formula is C34H40S2. The Morgan fingerprint density at radius 3 is 0.889 bits per heavy atom. The number of unbranched alkanes of at least 4 members (excludes halogenated alkanes) is 4. The number of hydrogen-bond donors (Lipinski definition) is 0. The van der Waals surface area contributed by atoms with Gasteiger partial charge in [0.2, 0.25) is 0 Å². The molecule has 0 amide bonds. The largest absolute Gasteiger partial charge is 0.144 e. The molecule has 0 N–H and O–H groups in total. The summed E-state index contributed by atoms with van der Waals surface area (Å²) in [5.41, 5.74) is 12.5. The van der Waals surface area contributed by atoms with Crippen molar-refractivity contribution in [2.45, 2.75) is 105 Å². The summed E-state index contributed by atoms with van der Waals surface area (Å²) in [6.07, 6.45) is 15.2. The van der Waals surface area contributed by atoms with Crippen LogP contribution in [0.4, 0.5) is 0 Å². The van der Waals surface area contributed by atoms with Crippen LogP contribution in [0.15, 0.2) is 24.3 Å². The van der Waals surface area contributed by atoms with E-state index in [9.17, 15) is 0 Å². The topological polar surface area (TPSA) is 0 Å². The van der Waals surface area contributed by atoms with Crippen molar-refractivity contribution in [2.75, 3.05) is 0 Å². The lowest BCUT2D eigenvalue weighted by Crippen LogP contribution is -1.86. The highest BCUT2D eigenvalue weighted by molar-refractivity contribution is 7.13. The van der Waals surface area contributed by atoms with Crippen LogP contribution < -0.4 is 0 Å². The van der Waals surface area contributed by atoms with Crippen molar-refractivity contribution in [3.63, 3.8) is 0 Å².